The second-order valence-electron chi connectivity index (χ2n) is 4.36. The van der Waals surface area contributed by atoms with Crippen LogP contribution in [0.15, 0.2) is 30.3 Å². The summed E-state index contributed by atoms with van der Waals surface area (Å²) >= 11 is 0. The van der Waals surface area contributed by atoms with E-state index in [0.717, 1.165) is 12.1 Å². The number of nitrogens with zero attached hydrogens (tertiary/aromatic N) is 2. The highest BCUT2D eigenvalue weighted by atomic mass is 19.4. The van der Waals surface area contributed by atoms with E-state index in [-0.39, 0.29) is 0 Å². The highest BCUT2D eigenvalue weighted by Crippen LogP contribution is 2.30. The molecule has 0 amide bonds. The average Bonchev–Trinajstić information content (AvgIpc) is 2.46. The molecule has 0 bridgehead atoms. The quantitative estimate of drug-likeness (QED) is 0.900. The van der Waals surface area contributed by atoms with Crippen molar-refractivity contribution in [2.45, 2.75) is 19.5 Å². The van der Waals surface area contributed by atoms with Crippen LogP contribution in [0.4, 0.5) is 30.5 Å². The normalized spacial score (nSPS) is 11.3. The van der Waals surface area contributed by atoms with Gasteiger partial charge in [-0.25, -0.2) is 9.97 Å². The minimum atomic E-state index is -4.33. The first-order valence-electron chi connectivity index (χ1n) is 6.42. The summed E-state index contributed by atoms with van der Waals surface area (Å²) in [7, 11) is 1.74. The largest absolute Gasteiger partial charge is 0.416 e. The molecule has 0 spiro atoms. The Hall–Kier alpha value is -2.31. The molecule has 1 heterocycles. The molecule has 0 saturated carbocycles. The number of benzene rings is 1. The first kappa shape index (κ1) is 15.1. The zero-order valence-corrected chi connectivity index (χ0v) is 11.6. The summed E-state index contributed by atoms with van der Waals surface area (Å²) in [5.74, 6) is 1.83. The van der Waals surface area contributed by atoms with Crippen molar-refractivity contribution in [2.75, 3.05) is 17.7 Å². The fourth-order valence-corrected chi connectivity index (χ4v) is 1.74. The van der Waals surface area contributed by atoms with E-state index in [1.165, 1.54) is 12.1 Å². The van der Waals surface area contributed by atoms with E-state index in [4.69, 9.17) is 0 Å². The van der Waals surface area contributed by atoms with Gasteiger partial charge in [0.2, 0.25) is 0 Å². The average molecular weight is 296 g/mol. The molecule has 112 valence electrons. The van der Waals surface area contributed by atoms with Gasteiger partial charge >= 0.3 is 6.18 Å². The van der Waals surface area contributed by atoms with Gasteiger partial charge in [-0.3, -0.25) is 0 Å². The summed E-state index contributed by atoms with van der Waals surface area (Å²) < 4.78 is 37.5. The number of rotatable bonds is 4. The molecule has 1 aromatic heterocycles. The molecule has 1 aromatic carbocycles. The van der Waals surface area contributed by atoms with Gasteiger partial charge in [-0.2, -0.15) is 13.2 Å². The van der Waals surface area contributed by atoms with E-state index in [1.54, 1.807) is 13.1 Å². The zero-order chi connectivity index (χ0) is 15.5. The van der Waals surface area contributed by atoms with Crippen molar-refractivity contribution in [3.05, 3.63) is 41.7 Å². The molecule has 0 aliphatic carbocycles. The minimum Gasteiger partial charge on any atom is -0.373 e. The van der Waals surface area contributed by atoms with E-state index in [0.29, 0.717) is 29.6 Å². The summed E-state index contributed by atoms with van der Waals surface area (Å²) in [4.78, 5) is 8.53. The Morgan fingerprint density at radius 3 is 2.19 bits per heavy atom. The summed E-state index contributed by atoms with van der Waals surface area (Å²) in [5.41, 5.74) is -0.147. The molecular formula is C14H15F3N4. The second-order valence-corrected chi connectivity index (χ2v) is 4.36. The van der Waals surface area contributed by atoms with Gasteiger partial charge in [0, 0.05) is 25.2 Å². The maximum atomic E-state index is 12.5. The number of hydrogen-bond acceptors (Lipinski definition) is 4. The van der Waals surface area contributed by atoms with E-state index in [1.807, 2.05) is 6.92 Å². The van der Waals surface area contributed by atoms with Gasteiger partial charge in [0.05, 0.1) is 5.56 Å². The van der Waals surface area contributed by atoms with Gasteiger partial charge in [0.15, 0.2) is 0 Å². The Labute approximate surface area is 120 Å². The van der Waals surface area contributed by atoms with Crippen LogP contribution >= 0.6 is 0 Å². The van der Waals surface area contributed by atoms with Crippen LogP contribution in [0.25, 0.3) is 0 Å². The second kappa shape index (κ2) is 5.99. The predicted octanol–water partition coefficient (Wildman–Crippen LogP) is 3.84. The highest BCUT2D eigenvalue weighted by molar-refractivity contribution is 5.59. The molecule has 0 aliphatic rings. The maximum absolute atomic E-state index is 12.5. The lowest BCUT2D eigenvalue weighted by Crippen LogP contribution is -2.05. The SMILES string of the molecule is CCc1nc(NC)cc(Nc2ccc(C(F)(F)F)cc2)n1. The highest BCUT2D eigenvalue weighted by Gasteiger charge is 2.29. The summed E-state index contributed by atoms with van der Waals surface area (Å²) in [6.45, 7) is 1.93. The Morgan fingerprint density at radius 2 is 1.67 bits per heavy atom. The molecular weight excluding hydrogens is 281 g/mol. The minimum absolute atomic E-state index is 0.533. The smallest absolute Gasteiger partial charge is 0.373 e. The van der Waals surface area contributed by atoms with Crippen LogP contribution in [-0.4, -0.2) is 17.0 Å². The van der Waals surface area contributed by atoms with Gasteiger partial charge in [0.25, 0.3) is 0 Å². The number of alkyl halides is 3. The lowest BCUT2D eigenvalue weighted by atomic mass is 10.2. The number of hydrogen-bond donors (Lipinski definition) is 2. The molecule has 21 heavy (non-hydrogen) atoms. The van der Waals surface area contributed by atoms with Crippen LogP contribution < -0.4 is 10.6 Å². The molecule has 2 rings (SSSR count). The molecule has 0 atom stereocenters. The number of aryl methyl sites for hydroxylation is 1. The van der Waals surface area contributed by atoms with Crippen molar-refractivity contribution in [3.63, 3.8) is 0 Å². The number of anilines is 3. The number of halogens is 3. The van der Waals surface area contributed by atoms with E-state index in [9.17, 15) is 13.2 Å². The lowest BCUT2D eigenvalue weighted by molar-refractivity contribution is -0.137. The van der Waals surface area contributed by atoms with Crippen LogP contribution in [0.2, 0.25) is 0 Å². The van der Waals surface area contributed by atoms with E-state index >= 15 is 0 Å². The molecule has 7 heteroatoms. The Bertz CT molecular complexity index is 586. The molecule has 0 fully saturated rings. The van der Waals surface area contributed by atoms with Crippen LogP contribution in [0.5, 0.6) is 0 Å². The Morgan fingerprint density at radius 1 is 1.05 bits per heavy atom. The summed E-state index contributed by atoms with van der Waals surface area (Å²) in [5, 5.41) is 5.89. The zero-order valence-electron chi connectivity index (χ0n) is 11.6. The molecule has 0 unspecified atom stereocenters. The standard InChI is InChI=1S/C14H15F3N4/c1-3-11-20-12(18-2)8-13(21-11)19-10-6-4-9(5-7-10)14(15,16)17/h4-8H,3H2,1-2H3,(H2,18,19,20,21). The van der Waals surface area contributed by atoms with Crippen LogP contribution in [0.1, 0.15) is 18.3 Å². The first-order chi connectivity index (χ1) is 9.92. The first-order valence-corrected chi connectivity index (χ1v) is 6.42. The molecule has 0 saturated heterocycles. The maximum Gasteiger partial charge on any atom is 0.416 e. The van der Waals surface area contributed by atoms with Crippen molar-refractivity contribution in [1.29, 1.82) is 0 Å². The summed E-state index contributed by atoms with van der Waals surface area (Å²) in [6.07, 6.45) is -3.67. The Balaban J connectivity index is 2.22. The van der Waals surface area contributed by atoms with Gasteiger partial charge < -0.3 is 10.6 Å². The van der Waals surface area contributed by atoms with Crippen molar-refractivity contribution in [2.24, 2.45) is 0 Å². The van der Waals surface area contributed by atoms with Crippen LogP contribution in [0.3, 0.4) is 0 Å². The third-order valence-electron chi connectivity index (χ3n) is 2.83. The predicted molar refractivity (Wildman–Crippen MR) is 75.7 cm³/mol. The van der Waals surface area contributed by atoms with Gasteiger partial charge in [-0.15, -0.1) is 0 Å². The molecule has 2 N–H and O–H groups in total. The van der Waals surface area contributed by atoms with Crippen molar-refractivity contribution in [1.82, 2.24) is 9.97 Å². The lowest BCUT2D eigenvalue weighted by Gasteiger charge is -2.11. The van der Waals surface area contributed by atoms with E-state index < -0.39 is 11.7 Å². The van der Waals surface area contributed by atoms with Gasteiger partial charge in [0.1, 0.15) is 17.5 Å². The number of nitrogens with one attached hydrogen (secondary N) is 2. The summed E-state index contributed by atoms with van der Waals surface area (Å²) in [6, 6.07) is 6.49. The van der Waals surface area contributed by atoms with Crippen LogP contribution in [0, 0.1) is 0 Å². The molecule has 2 aromatic rings. The van der Waals surface area contributed by atoms with Crippen molar-refractivity contribution in [3.8, 4) is 0 Å². The topological polar surface area (TPSA) is 49.8 Å². The Kier molecular flexibility index (Phi) is 4.30. The molecule has 0 radical (unpaired) electrons. The molecule has 0 aliphatic heterocycles. The van der Waals surface area contributed by atoms with Crippen molar-refractivity contribution < 1.29 is 13.2 Å². The van der Waals surface area contributed by atoms with Crippen LogP contribution in [-0.2, 0) is 12.6 Å². The third-order valence-corrected chi connectivity index (χ3v) is 2.83. The molecule has 4 nitrogen and oxygen atoms in total. The van der Waals surface area contributed by atoms with Gasteiger partial charge in [-0.05, 0) is 24.3 Å². The van der Waals surface area contributed by atoms with Crippen molar-refractivity contribution >= 4 is 17.3 Å². The fraction of sp³-hybridized carbons (Fsp3) is 0.286. The third kappa shape index (κ3) is 3.84. The fourth-order valence-electron chi connectivity index (χ4n) is 1.74. The van der Waals surface area contributed by atoms with Gasteiger partial charge in [-0.1, -0.05) is 6.92 Å². The number of aromatic nitrogens is 2. The van der Waals surface area contributed by atoms with E-state index in [2.05, 4.69) is 20.6 Å². The monoisotopic (exact) mass is 296 g/mol.